The summed E-state index contributed by atoms with van der Waals surface area (Å²) in [5.74, 6) is 0. The second-order valence-corrected chi connectivity index (χ2v) is 6.96. The summed E-state index contributed by atoms with van der Waals surface area (Å²) in [5.41, 5.74) is 11.8. The molecular formula is C23H23N+. The fourth-order valence-corrected chi connectivity index (χ4v) is 3.80. The van der Waals surface area contributed by atoms with Crippen LogP contribution in [0.5, 0.6) is 0 Å². The Morgan fingerprint density at radius 2 is 1.21 bits per heavy atom. The van der Waals surface area contributed by atoms with Crippen molar-refractivity contribution in [1.29, 1.82) is 0 Å². The van der Waals surface area contributed by atoms with Gasteiger partial charge in [0.25, 0.3) is 11.4 Å². The zero-order valence-corrected chi connectivity index (χ0v) is 14.7. The van der Waals surface area contributed by atoms with Crippen LogP contribution in [0, 0.1) is 13.8 Å². The highest BCUT2D eigenvalue weighted by molar-refractivity contribution is 6.12. The van der Waals surface area contributed by atoms with Gasteiger partial charge in [0.1, 0.15) is 0 Å². The van der Waals surface area contributed by atoms with Crippen molar-refractivity contribution >= 4 is 17.0 Å². The van der Waals surface area contributed by atoms with E-state index in [2.05, 4.69) is 69.3 Å². The van der Waals surface area contributed by atoms with Crippen molar-refractivity contribution in [2.75, 3.05) is 0 Å². The molecule has 0 fully saturated rings. The number of rotatable bonds is 2. The third-order valence-corrected chi connectivity index (χ3v) is 5.14. The summed E-state index contributed by atoms with van der Waals surface area (Å²) in [4.78, 5) is 5.04. The van der Waals surface area contributed by atoms with E-state index in [1.807, 2.05) is 0 Å². The fourth-order valence-electron chi connectivity index (χ4n) is 3.80. The van der Waals surface area contributed by atoms with Crippen LogP contribution in [-0.2, 0) is 0 Å². The van der Waals surface area contributed by atoms with Crippen LogP contribution in [0.4, 0.5) is 0 Å². The van der Waals surface area contributed by atoms with Crippen molar-refractivity contribution in [2.45, 2.75) is 40.0 Å². The number of hydrogen-bond donors (Lipinski definition) is 0. The van der Waals surface area contributed by atoms with E-state index < -0.39 is 0 Å². The summed E-state index contributed by atoms with van der Waals surface area (Å²) < 4.78 is 0. The second kappa shape index (κ2) is 5.90. The van der Waals surface area contributed by atoms with Crippen molar-refractivity contribution in [3.05, 3.63) is 81.9 Å². The molecule has 4 rings (SSSR count). The molecular weight excluding hydrogens is 290 g/mol. The topological polar surface area (TPSA) is 14.1 Å². The van der Waals surface area contributed by atoms with Crippen molar-refractivity contribution in [1.82, 2.24) is 4.99 Å². The third kappa shape index (κ3) is 2.54. The molecule has 1 aliphatic heterocycles. The number of benzene rings is 2. The Kier molecular flexibility index (Phi) is 3.72. The lowest BCUT2D eigenvalue weighted by molar-refractivity contribution is 0.911. The fraction of sp³-hybridized carbons (Fsp3) is 0.261. The molecule has 1 aliphatic carbocycles. The summed E-state index contributed by atoms with van der Waals surface area (Å²) in [6, 6.07) is 17.7. The van der Waals surface area contributed by atoms with Crippen LogP contribution in [0.25, 0.3) is 11.3 Å². The molecule has 0 N–H and O–H groups in total. The number of hydrogen-bond acceptors (Lipinski definition) is 1. The van der Waals surface area contributed by atoms with Crippen molar-refractivity contribution in [2.24, 2.45) is 0 Å². The van der Waals surface area contributed by atoms with E-state index >= 15 is 0 Å². The first-order valence-electron chi connectivity index (χ1n) is 8.80. The Morgan fingerprint density at radius 3 is 1.83 bits per heavy atom. The molecule has 0 bridgehead atoms. The van der Waals surface area contributed by atoms with Crippen LogP contribution in [0.15, 0.2) is 59.7 Å². The molecule has 1 heterocycles. The lowest BCUT2D eigenvalue weighted by atomic mass is 9.87. The molecule has 0 saturated carbocycles. The van der Waals surface area contributed by atoms with Gasteiger partial charge in [-0.15, -0.1) is 0 Å². The molecule has 2 aromatic rings. The summed E-state index contributed by atoms with van der Waals surface area (Å²) in [6.45, 7) is 6.44. The van der Waals surface area contributed by atoms with Gasteiger partial charge in [-0.3, -0.25) is 0 Å². The monoisotopic (exact) mass is 313 g/mol. The molecule has 119 valence electrons. The first-order valence-corrected chi connectivity index (χ1v) is 8.80. The zero-order chi connectivity index (χ0) is 16.7. The summed E-state index contributed by atoms with van der Waals surface area (Å²) >= 11 is 0. The van der Waals surface area contributed by atoms with Gasteiger partial charge in [0.05, 0.1) is 16.1 Å². The molecule has 1 nitrogen and oxygen atoms in total. The maximum atomic E-state index is 5.04. The van der Waals surface area contributed by atoms with E-state index in [4.69, 9.17) is 4.99 Å². The minimum absolute atomic E-state index is 1.14. The van der Waals surface area contributed by atoms with E-state index in [1.54, 1.807) is 0 Å². The predicted molar refractivity (Wildman–Crippen MR) is 103 cm³/mol. The molecule has 1 heteroatoms. The van der Waals surface area contributed by atoms with E-state index in [9.17, 15) is 0 Å². The van der Waals surface area contributed by atoms with Gasteiger partial charge < -0.3 is 0 Å². The van der Waals surface area contributed by atoms with Gasteiger partial charge in [-0.25, -0.2) is 0 Å². The van der Waals surface area contributed by atoms with E-state index in [-0.39, 0.29) is 0 Å². The highest BCUT2D eigenvalue weighted by Gasteiger charge is 2.35. The standard InChI is InChI=1S/C23H23N/c1-15-7-11-18(12-8-15)22-21-6-4-5-20(21)17(3)24-23(22)19-13-9-16(2)10-14-19/h7-14H,4-6H2,1-3H3/q+1. The molecule has 0 saturated heterocycles. The van der Waals surface area contributed by atoms with Crippen molar-refractivity contribution < 1.29 is 0 Å². The molecule has 2 aliphatic rings. The van der Waals surface area contributed by atoms with Gasteiger partial charge >= 0.3 is 0 Å². The van der Waals surface area contributed by atoms with E-state index in [0.29, 0.717) is 0 Å². The molecule has 1 radical (unpaired) electrons. The van der Waals surface area contributed by atoms with Crippen molar-refractivity contribution in [3.8, 4) is 0 Å². The Hall–Kier alpha value is -2.41. The highest BCUT2D eigenvalue weighted by atomic mass is 14.8. The molecule has 0 spiro atoms. The van der Waals surface area contributed by atoms with Crippen LogP contribution >= 0.6 is 0 Å². The van der Waals surface area contributed by atoms with Gasteiger partial charge in [0, 0.05) is 12.5 Å². The first kappa shape index (κ1) is 15.1. The molecule has 0 unspecified atom stereocenters. The lowest BCUT2D eigenvalue weighted by Gasteiger charge is -2.14. The van der Waals surface area contributed by atoms with E-state index in [1.165, 1.54) is 63.9 Å². The Labute approximate surface area is 144 Å². The Balaban J connectivity index is 1.97. The molecule has 24 heavy (non-hydrogen) atoms. The zero-order valence-electron chi connectivity index (χ0n) is 14.7. The van der Waals surface area contributed by atoms with Crippen LogP contribution < -0.4 is 4.99 Å². The van der Waals surface area contributed by atoms with Gasteiger partial charge in [0.15, 0.2) is 0 Å². The van der Waals surface area contributed by atoms with Gasteiger partial charge in [0.2, 0.25) is 0 Å². The maximum Gasteiger partial charge on any atom is 0.292 e. The number of aliphatic imine (C=N–C) groups is 1. The van der Waals surface area contributed by atoms with Gasteiger partial charge in [-0.1, -0.05) is 47.5 Å². The Bertz CT molecular complexity index is 875. The largest absolute Gasteiger partial charge is 0.292 e. The quantitative estimate of drug-likeness (QED) is 0.698. The van der Waals surface area contributed by atoms with E-state index in [0.717, 1.165) is 5.70 Å². The normalized spacial score (nSPS) is 17.2. The minimum atomic E-state index is 1.14. The minimum Gasteiger partial charge on any atom is -0.0587 e. The van der Waals surface area contributed by atoms with Crippen molar-refractivity contribution in [3.63, 3.8) is 0 Å². The Morgan fingerprint density at radius 1 is 0.667 bits per heavy atom. The van der Waals surface area contributed by atoms with Crippen LogP contribution in [0.3, 0.4) is 0 Å². The summed E-state index contributed by atoms with van der Waals surface area (Å²) in [7, 11) is 0. The third-order valence-electron chi connectivity index (χ3n) is 5.14. The average molecular weight is 313 g/mol. The number of allylic oxidation sites excluding steroid dienone is 3. The average Bonchev–Trinajstić information content (AvgIpc) is 3.07. The predicted octanol–water partition coefficient (Wildman–Crippen LogP) is 5.46. The smallest absolute Gasteiger partial charge is 0.0587 e. The SMILES string of the molecule is CC1=[N+]C(c2ccc(C)cc2)=C(c2ccc(C)cc2)C2=C1CCC2. The summed E-state index contributed by atoms with van der Waals surface area (Å²) in [5, 5.41) is 0. The first-order chi connectivity index (χ1) is 11.6. The molecule has 0 amide bonds. The maximum absolute atomic E-state index is 5.04. The summed E-state index contributed by atoms with van der Waals surface area (Å²) in [6.07, 6.45) is 3.58. The van der Waals surface area contributed by atoms with Gasteiger partial charge in [-0.2, -0.15) is 0 Å². The number of aryl methyl sites for hydroxylation is 2. The number of nitrogens with zero attached hydrogens (tertiary/aromatic N) is 1. The molecule has 2 aromatic carbocycles. The van der Waals surface area contributed by atoms with Crippen LogP contribution in [0.1, 0.15) is 48.4 Å². The lowest BCUT2D eigenvalue weighted by Crippen LogP contribution is -2.14. The van der Waals surface area contributed by atoms with Crippen LogP contribution in [-0.4, -0.2) is 5.71 Å². The molecule has 0 atom stereocenters. The second-order valence-electron chi connectivity index (χ2n) is 6.96. The molecule has 0 aromatic heterocycles. The van der Waals surface area contributed by atoms with Crippen LogP contribution in [0.2, 0.25) is 0 Å². The van der Waals surface area contributed by atoms with Gasteiger partial charge in [-0.05, 0) is 56.4 Å². The highest BCUT2D eigenvalue weighted by Crippen LogP contribution is 2.42.